The normalized spacial score (nSPS) is 16.6. The molecule has 1 aromatic rings. The highest BCUT2D eigenvalue weighted by molar-refractivity contribution is 7.99. The molecule has 0 saturated heterocycles. The van der Waals surface area contributed by atoms with Gasteiger partial charge in [-0.1, -0.05) is 25.6 Å². The number of rotatable bonds is 6. The van der Waals surface area contributed by atoms with Crippen LogP contribution in [0.2, 0.25) is 0 Å². The first-order valence-electron chi connectivity index (χ1n) is 6.58. The van der Waals surface area contributed by atoms with Crippen LogP contribution in [-0.2, 0) is 4.79 Å². The van der Waals surface area contributed by atoms with E-state index < -0.39 is 0 Å². The largest absolute Gasteiger partial charge is 0.353 e. The van der Waals surface area contributed by atoms with Crippen LogP contribution in [0.4, 0.5) is 0 Å². The number of thioether (sulfide) groups is 1. The zero-order valence-corrected chi connectivity index (χ0v) is 12.3. The molecule has 0 bridgehead atoms. The summed E-state index contributed by atoms with van der Waals surface area (Å²) in [5, 5.41) is 9.96. The number of aromatic nitrogens is 3. The predicted octanol–water partition coefficient (Wildman–Crippen LogP) is 1.16. The highest BCUT2D eigenvalue weighted by atomic mass is 32.2. The van der Waals surface area contributed by atoms with Crippen molar-refractivity contribution in [3.8, 4) is 0 Å². The second-order valence-electron chi connectivity index (χ2n) is 5.30. The monoisotopic (exact) mass is 284 g/mol. The van der Waals surface area contributed by atoms with Gasteiger partial charge in [-0.25, -0.2) is 9.89 Å². The molecule has 1 aliphatic rings. The zero-order chi connectivity index (χ0) is 14.0. The number of carbonyl (C=O) groups excluding carboxylic acids is 1. The molecule has 1 amide bonds. The van der Waals surface area contributed by atoms with Crippen LogP contribution in [0.1, 0.15) is 39.7 Å². The number of nitrogens with zero attached hydrogens (tertiary/aromatic N) is 2. The molecule has 106 valence electrons. The third kappa shape index (κ3) is 3.62. The van der Waals surface area contributed by atoms with E-state index in [-0.39, 0.29) is 29.4 Å². The van der Waals surface area contributed by atoms with Crippen molar-refractivity contribution in [2.75, 3.05) is 5.75 Å². The summed E-state index contributed by atoms with van der Waals surface area (Å²) >= 11 is 1.31. The van der Waals surface area contributed by atoms with Crippen LogP contribution >= 0.6 is 11.8 Å². The van der Waals surface area contributed by atoms with Gasteiger partial charge in [-0.3, -0.25) is 9.36 Å². The molecule has 7 heteroatoms. The lowest BCUT2D eigenvalue weighted by Gasteiger charge is -2.17. The number of amides is 1. The number of nitrogens with one attached hydrogen (secondary N) is 2. The summed E-state index contributed by atoms with van der Waals surface area (Å²) < 4.78 is 1.66. The van der Waals surface area contributed by atoms with E-state index in [0.29, 0.717) is 11.1 Å². The molecule has 1 aromatic heterocycles. The first kappa shape index (κ1) is 14.2. The fraction of sp³-hybridized carbons (Fsp3) is 0.750. The Morgan fingerprint density at radius 3 is 2.79 bits per heavy atom. The molecule has 0 spiro atoms. The van der Waals surface area contributed by atoms with E-state index >= 15 is 0 Å². The molecule has 1 fully saturated rings. The van der Waals surface area contributed by atoms with Crippen molar-refractivity contribution in [3.05, 3.63) is 10.5 Å². The Labute approximate surface area is 116 Å². The van der Waals surface area contributed by atoms with Gasteiger partial charge in [0.2, 0.25) is 5.91 Å². The van der Waals surface area contributed by atoms with Gasteiger partial charge in [-0.15, -0.1) is 5.10 Å². The van der Waals surface area contributed by atoms with Gasteiger partial charge < -0.3 is 5.32 Å². The molecule has 19 heavy (non-hydrogen) atoms. The molecule has 6 nitrogen and oxygen atoms in total. The van der Waals surface area contributed by atoms with E-state index in [1.54, 1.807) is 4.57 Å². The topological polar surface area (TPSA) is 79.8 Å². The number of hydrogen-bond acceptors (Lipinski definition) is 4. The van der Waals surface area contributed by atoms with Crippen LogP contribution in [-0.4, -0.2) is 32.5 Å². The minimum Gasteiger partial charge on any atom is -0.353 e. The molecule has 0 aliphatic heterocycles. The van der Waals surface area contributed by atoms with Gasteiger partial charge >= 0.3 is 5.69 Å². The second-order valence-corrected chi connectivity index (χ2v) is 6.24. The maximum atomic E-state index is 11.8. The number of aromatic amines is 1. The highest BCUT2D eigenvalue weighted by Crippen LogP contribution is 2.35. The Bertz CT molecular complexity index is 504. The third-order valence-electron chi connectivity index (χ3n) is 3.31. The molecule has 1 saturated carbocycles. The molecule has 1 heterocycles. The van der Waals surface area contributed by atoms with Crippen molar-refractivity contribution in [3.63, 3.8) is 0 Å². The van der Waals surface area contributed by atoms with Crippen molar-refractivity contribution < 1.29 is 4.79 Å². The minimum atomic E-state index is -0.180. The van der Waals surface area contributed by atoms with Crippen molar-refractivity contribution in [1.29, 1.82) is 0 Å². The van der Waals surface area contributed by atoms with Gasteiger partial charge in [0.05, 0.1) is 5.75 Å². The van der Waals surface area contributed by atoms with E-state index in [1.165, 1.54) is 11.8 Å². The van der Waals surface area contributed by atoms with E-state index in [4.69, 9.17) is 0 Å². The van der Waals surface area contributed by atoms with Crippen molar-refractivity contribution >= 4 is 17.7 Å². The maximum absolute atomic E-state index is 11.8. The van der Waals surface area contributed by atoms with Crippen LogP contribution in [0.25, 0.3) is 0 Å². The Hall–Kier alpha value is -1.24. The number of carbonyl (C=O) groups is 1. The lowest BCUT2D eigenvalue weighted by Crippen LogP contribution is -2.37. The highest BCUT2D eigenvalue weighted by Gasteiger charge is 2.28. The minimum absolute atomic E-state index is 0.0241. The molecular formula is C12H20N4O2S. The van der Waals surface area contributed by atoms with Gasteiger partial charge in [0, 0.05) is 12.1 Å². The van der Waals surface area contributed by atoms with Crippen molar-refractivity contribution in [2.24, 2.45) is 5.92 Å². The Morgan fingerprint density at radius 2 is 2.21 bits per heavy atom. The van der Waals surface area contributed by atoms with Crippen LogP contribution in [0.5, 0.6) is 0 Å². The summed E-state index contributed by atoms with van der Waals surface area (Å²) in [6.45, 7) is 6.12. The molecule has 1 atom stereocenters. The summed E-state index contributed by atoms with van der Waals surface area (Å²) in [6.07, 6.45) is 2.03. The molecular weight excluding hydrogens is 264 g/mol. The molecule has 0 unspecified atom stereocenters. The Kier molecular flexibility index (Phi) is 4.34. The lowest BCUT2D eigenvalue weighted by atomic mass is 10.1. The van der Waals surface area contributed by atoms with Gasteiger partial charge in [0.1, 0.15) is 0 Å². The number of H-pyrrole nitrogens is 1. The third-order valence-corrected chi connectivity index (χ3v) is 4.26. The van der Waals surface area contributed by atoms with Gasteiger partial charge in [-0.2, -0.15) is 0 Å². The van der Waals surface area contributed by atoms with Crippen LogP contribution in [0, 0.1) is 5.92 Å². The maximum Gasteiger partial charge on any atom is 0.344 e. The van der Waals surface area contributed by atoms with Gasteiger partial charge in [-0.05, 0) is 25.7 Å². The Balaban J connectivity index is 1.89. The number of hydrogen-bond donors (Lipinski definition) is 2. The first-order chi connectivity index (χ1) is 8.99. The summed E-state index contributed by atoms with van der Waals surface area (Å²) in [5.74, 6) is 0.668. The fourth-order valence-corrected chi connectivity index (χ4v) is 2.46. The van der Waals surface area contributed by atoms with Crippen LogP contribution < -0.4 is 11.0 Å². The van der Waals surface area contributed by atoms with Gasteiger partial charge in [0.15, 0.2) is 5.16 Å². The van der Waals surface area contributed by atoms with Crippen LogP contribution in [0.15, 0.2) is 9.95 Å². The summed E-state index contributed by atoms with van der Waals surface area (Å²) in [5.41, 5.74) is -0.180. The van der Waals surface area contributed by atoms with Crippen molar-refractivity contribution in [2.45, 2.75) is 50.9 Å². The Morgan fingerprint density at radius 1 is 1.53 bits per heavy atom. The van der Waals surface area contributed by atoms with Gasteiger partial charge in [0.25, 0.3) is 0 Å². The summed E-state index contributed by atoms with van der Waals surface area (Å²) in [4.78, 5) is 23.3. The molecule has 2 N–H and O–H groups in total. The van der Waals surface area contributed by atoms with E-state index in [2.05, 4.69) is 29.4 Å². The SMILES string of the molecule is CC(C)[C@H](C)NC(=O)CSc1n[nH]c(=O)n1C1CC1. The second kappa shape index (κ2) is 5.81. The molecule has 0 aromatic carbocycles. The average molecular weight is 284 g/mol. The van der Waals surface area contributed by atoms with E-state index in [1.807, 2.05) is 6.92 Å². The van der Waals surface area contributed by atoms with E-state index in [0.717, 1.165) is 12.8 Å². The molecule has 1 aliphatic carbocycles. The quantitative estimate of drug-likeness (QED) is 0.768. The summed E-state index contributed by atoms with van der Waals surface area (Å²) in [7, 11) is 0. The van der Waals surface area contributed by atoms with Crippen LogP contribution in [0.3, 0.4) is 0 Å². The molecule has 2 rings (SSSR count). The standard InChI is InChI=1S/C12H20N4O2S/c1-7(2)8(3)13-10(17)6-19-12-15-14-11(18)16(12)9-4-5-9/h7-9H,4-6H2,1-3H3,(H,13,17)(H,14,18)/t8-/m0/s1. The average Bonchev–Trinajstić information content (AvgIpc) is 3.11. The first-order valence-corrected chi connectivity index (χ1v) is 7.56. The zero-order valence-electron chi connectivity index (χ0n) is 11.5. The summed E-state index contributed by atoms with van der Waals surface area (Å²) in [6, 6.07) is 0.421. The van der Waals surface area contributed by atoms with Crippen molar-refractivity contribution in [1.82, 2.24) is 20.1 Å². The molecule has 0 radical (unpaired) electrons. The lowest BCUT2D eigenvalue weighted by molar-refractivity contribution is -0.119. The fourth-order valence-electron chi connectivity index (χ4n) is 1.64. The smallest absolute Gasteiger partial charge is 0.344 e. The predicted molar refractivity (Wildman–Crippen MR) is 74.3 cm³/mol. The van der Waals surface area contributed by atoms with E-state index in [9.17, 15) is 9.59 Å².